The van der Waals surface area contributed by atoms with Crippen LogP contribution in [-0.2, 0) is 11.2 Å². The van der Waals surface area contributed by atoms with Gasteiger partial charge < -0.3 is 4.90 Å². The molecule has 1 saturated heterocycles. The fourth-order valence-electron chi connectivity index (χ4n) is 2.39. The van der Waals surface area contributed by atoms with Gasteiger partial charge >= 0.3 is 0 Å². The molecule has 6 nitrogen and oxygen atoms in total. The number of likely N-dealkylation sites (tertiary alicyclic amines) is 1. The molecule has 20 heavy (non-hydrogen) atoms. The van der Waals surface area contributed by atoms with Crippen LogP contribution in [0.15, 0.2) is 24.5 Å². The minimum absolute atomic E-state index is 0.174. The van der Waals surface area contributed by atoms with Crippen molar-refractivity contribution in [2.75, 3.05) is 13.1 Å². The Hall–Kier alpha value is -2.24. The molecule has 2 aromatic rings. The van der Waals surface area contributed by atoms with Crippen LogP contribution in [0.5, 0.6) is 0 Å². The molecular formula is C14H17N5O. The Balaban J connectivity index is 1.46. The van der Waals surface area contributed by atoms with Gasteiger partial charge in [-0.3, -0.25) is 14.9 Å². The van der Waals surface area contributed by atoms with Gasteiger partial charge in [-0.25, -0.2) is 4.98 Å². The van der Waals surface area contributed by atoms with Gasteiger partial charge in [0.2, 0.25) is 5.91 Å². The van der Waals surface area contributed by atoms with Crippen LogP contribution in [0, 0.1) is 6.92 Å². The zero-order valence-electron chi connectivity index (χ0n) is 11.4. The predicted octanol–water partition coefficient (Wildman–Crippen LogP) is 1.07. The first-order valence-electron chi connectivity index (χ1n) is 6.78. The normalized spacial score (nSPS) is 15.2. The van der Waals surface area contributed by atoms with Crippen molar-refractivity contribution in [2.45, 2.75) is 25.7 Å². The van der Waals surface area contributed by atoms with Crippen molar-refractivity contribution in [1.82, 2.24) is 25.1 Å². The summed E-state index contributed by atoms with van der Waals surface area (Å²) in [6.07, 6.45) is 4.71. The Kier molecular flexibility index (Phi) is 3.45. The van der Waals surface area contributed by atoms with E-state index in [1.807, 2.05) is 24.1 Å². The number of aromatic nitrogens is 4. The van der Waals surface area contributed by atoms with Crippen LogP contribution < -0.4 is 0 Å². The highest BCUT2D eigenvalue weighted by Gasteiger charge is 2.31. The van der Waals surface area contributed by atoms with Gasteiger partial charge in [0.1, 0.15) is 5.82 Å². The smallest absolute Gasteiger partial charge is 0.223 e. The molecule has 1 aliphatic heterocycles. The number of aryl methyl sites for hydroxylation is 2. The van der Waals surface area contributed by atoms with Gasteiger partial charge in [-0.1, -0.05) is 6.07 Å². The number of rotatable bonds is 4. The zero-order chi connectivity index (χ0) is 13.9. The SMILES string of the molecule is Cc1nc(CCC(=O)N2CC(c3cccnc3)C2)n[nH]1. The summed E-state index contributed by atoms with van der Waals surface area (Å²) in [5.74, 6) is 2.10. The first-order chi connectivity index (χ1) is 9.72. The van der Waals surface area contributed by atoms with Crippen LogP contribution in [0.3, 0.4) is 0 Å². The Morgan fingerprint density at radius 2 is 2.35 bits per heavy atom. The second-order valence-electron chi connectivity index (χ2n) is 5.12. The van der Waals surface area contributed by atoms with Crippen LogP contribution >= 0.6 is 0 Å². The maximum atomic E-state index is 12.0. The number of hydrogen-bond acceptors (Lipinski definition) is 4. The van der Waals surface area contributed by atoms with Crippen molar-refractivity contribution in [3.05, 3.63) is 41.7 Å². The van der Waals surface area contributed by atoms with E-state index in [1.165, 1.54) is 5.56 Å². The molecule has 0 aliphatic carbocycles. The van der Waals surface area contributed by atoms with Crippen molar-refractivity contribution >= 4 is 5.91 Å². The van der Waals surface area contributed by atoms with Gasteiger partial charge in [0, 0.05) is 44.2 Å². The molecule has 1 amide bonds. The molecule has 1 N–H and O–H groups in total. The summed E-state index contributed by atoms with van der Waals surface area (Å²) in [5, 5.41) is 6.82. The molecule has 1 aliphatic rings. The maximum Gasteiger partial charge on any atom is 0.223 e. The van der Waals surface area contributed by atoms with Crippen molar-refractivity contribution < 1.29 is 4.79 Å². The molecule has 0 bridgehead atoms. The van der Waals surface area contributed by atoms with Crippen LogP contribution in [0.25, 0.3) is 0 Å². The van der Waals surface area contributed by atoms with Gasteiger partial charge in [-0.2, -0.15) is 5.10 Å². The molecule has 2 aromatic heterocycles. The number of amides is 1. The number of nitrogens with zero attached hydrogens (tertiary/aromatic N) is 4. The molecule has 0 radical (unpaired) electrons. The van der Waals surface area contributed by atoms with Gasteiger partial charge in [0.25, 0.3) is 0 Å². The van der Waals surface area contributed by atoms with Crippen molar-refractivity contribution in [1.29, 1.82) is 0 Å². The molecule has 3 rings (SSSR count). The lowest BCUT2D eigenvalue weighted by molar-refractivity contribution is -0.135. The van der Waals surface area contributed by atoms with E-state index in [1.54, 1.807) is 6.20 Å². The Labute approximate surface area is 117 Å². The summed E-state index contributed by atoms with van der Waals surface area (Å²) >= 11 is 0. The highest BCUT2D eigenvalue weighted by atomic mass is 16.2. The van der Waals surface area contributed by atoms with E-state index in [9.17, 15) is 4.79 Å². The molecule has 0 spiro atoms. The second kappa shape index (κ2) is 5.40. The number of pyridine rings is 1. The summed E-state index contributed by atoms with van der Waals surface area (Å²) in [4.78, 5) is 22.2. The molecule has 3 heterocycles. The highest BCUT2D eigenvalue weighted by molar-refractivity contribution is 5.77. The summed E-state index contributed by atoms with van der Waals surface area (Å²) < 4.78 is 0. The van der Waals surface area contributed by atoms with Crippen molar-refractivity contribution in [3.63, 3.8) is 0 Å². The third kappa shape index (κ3) is 2.68. The molecule has 104 valence electrons. The number of nitrogens with one attached hydrogen (secondary N) is 1. The lowest BCUT2D eigenvalue weighted by Crippen LogP contribution is -2.48. The number of aromatic amines is 1. The first kappa shape index (κ1) is 12.8. The fourth-order valence-corrected chi connectivity index (χ4v) is 2.39. The Bertz CT molecular complexity index is 589. The summed E-state index contributed by atoms with van der Waals surface area (Å²) in [6.45, 7) is 3.43. The molecule has 6 heteroatoms. The van der Waals surface area contributed by atoms with E-state index in [0.29, 0.717) is 24.6 Å². The number of carbonyl (C=O) groups is 1. The largest absolute Gasteiger partial charge is 0.341 e. The minimum Gasteiger partial charge on any atom is -0.341 e. The van der Waals surface area contributed by atoms with Gasteiger partial charge in [0.05, 0.1) is 0 Å². The van der Waals surface area contributed by atoms with Gasteiger partial charge in [-0.15, -0.1) is 0 Å². The quantitative estimate of drug-likeness (QED) is 0.902. The van der Waals surface area contributed by atoms with E-state index in [-0.39, 0.29) is 5.91 Å². The summed E-state index contributed by atoms with van der Waals surface area (Å²) in [5.41, 5.74) is 1.21. The number of hydrogen-bond donors (Lipinski definition) is 1. The lowest BCUT2D eigenvalue weighted by atomic mass is 9.92. The monoisotopic (exact) mass is 271 g/mol. The molecule has 0 atom stereocenters. The van der Waals surface area contributed by atoms with Crippen molar-refractivity contribution in [2.24, 2.45) is 0 Å². The topological polar surface area (TPSA) is 74.8 Å². The van der Waals surface area contributed by atoms with E-state index in [0.717, 1.165) is 18.9 Å². The third-order valence-electron chi connectivity index (χ3n) is 3.60. The minimum atomic E-state index is 0.174. The Morgan fingerprint density at radius 1 is 1.50 bits per heavy atom. The molecule has 0 saturated carbocycles. The highest BCUT2D eigenvalue weighted by Crippen LogP contribution is 2.26. The molecular weight excluding hydrogens is 254 g/mol. The average molecular weight is 271 g/mol. The van der Waals surface area contributed by atoms with Crippen LogP contribution in [0.1, 0.15) is 29.6 Å². The third-order valence-corrected chi connectivity index (χ3v) is 3.60. The summed E-state index contributed by atoms with van der Waals surface area (Å²) in [6, 6.07) is 4.00. The maximum absolute atomic E-state index is 12.0. The number of carbonyl (C=O) groups excluding carboxylic acids is 1. The van der Waals surface area contributed by atoms with E-state index in [4.69, 9.17) is 0 Å². The van der Waals surface area contributed by atoms with Crippen molar-refractivity contribution in [3.8, 4) is 0 Å². The van der Waals surface area contributed by atoms with Crippen LogP contribution in [0.4, 0.5) is 0 Å². The van der Waals surface area contributed by atoms with Gasteiger partial charge in [-0.05, 0) is 18.6 Å². The molecule has 1 fully saturated rings. The van der Waals surface area contributed by atoms with E-state index < -0.39 is 0 Å². The number of H-pyrrole nitrogens is 1. The van der Waals surface area contributed by atoms with Gasteiger partial charge in [0.15, 0.2) is 5.82 Å². The fraction of sp³-hybridized carbons (Fsp3) is 0.429. The molecule has 0 unspecified atom stereocenters. The summed E-state index contributed by atoms with van der Waals surface area (Å²) in [7, 11) is 0. The predicted molar refractivity (Wildman–Crippen MR) is 73.0 cm³/mol. The van der Waals surface area contributed by atoms with Crippen LogP contribution in [0.2, 0.25) is 0 Å². The van der Waals surface area contributed by atoms with E-state index >= 15 is 0 Å². The van der Waals surface area contributed by atoms with Crippen LogP contribution in [-0.4, -0.2) is 44.1 Å². The lowest BCUT2D eigenvalue weighted by Gasteiger charge is -2.39. The zero-order valence-corrected chi connectivity index (χ0v) is 11.4. The standard InChI is InChI=1S/C14H17N5O/c1-10-16-13(18-17-10)4-5-14(20)19-8-12(9-19)11-3-2-6-15-7-11/h2-3,6-7,12H,4-5,8-9H2,1H3,(H,16,17,18). The molecule has 0 aromatic carbocycles. The Morgan fingerprint density at radius 3 is 3.00 bits per heavy atom. The second-order valence-corrected chi connectivity index (χ2v) is 5.12. The van der Waals surface area contributed by atoms with E-state index in [2.05, 4.69) is 26.2 Å². The first-order valence-corrected chi connectivity index (χ1v) is 6.78. The average Bonchev–Trinajstić information content (AvgIpc) is 2.82.